The molecule has 2 N–H and O–H groups in total. The third kappa shape index (κ3) is 2.16. The Labute approximate surface area is 96.9 Å². The van der Waals surface area contributed by atoms with E-state index in [1.807, 2.05) is 19.3 Å². The second-order valence-corrected chi connectivity index (χ2v) is 4.64. The van der Waals surface area contributed by atoms with Gasteiger partial charge in [0.25, 0.3) is 0 Å². The summed E-state index contributed by atoms with van der Waals surface area (Å²) < 4.78 is 0. The normalized spacial score (nSPS) is 25.8. The largest absolute Gasteiger partial charge is 0.334 e. The first-order valence-corrected chi connectivity index (χ1v) is 5.99. The maximum absolute atomic E-state index is 5.83. The molecular weight excluding hydrogens is 200 g/mol. The van der Waals surface area contributed by atoms with Crippen molar-refractivity contribution in [2.75, 3.05) is 11.4 Å². The maximum atomic E-state index is 5.83. The minimum atomic E-state index is 0.395. The minimum absolute atomic E-state index is 0.395. The third-order valence-corrected chi connectivity index (χ3v) is 3.30. The predicted molar refractivity (Wildman–Crippen MR) is 65.4 cm³/mol. The zero-order valence-corrected chi connectivity index (χ0v) is 10.1. The van der Waals surface area contributed by atoms with Gasteiger partial charge in [0.15, 0.2) is 0 Å². The van der Waals surface area contributed by atoms with Gasteiger partial charge in [0.05, 0.1) is 0 Å². The Hall–Kier alpha value is -1.16. The summed E-state index contributed by atoms with van der Waals surface area (Å²) in [6, 6.07) is 0.886. The van der Waals surface area contributed by atoms with Crippen molar-refractivity contribution in [3.05, 3.63) is 18.0 Å². The van der Waals surface area contributed by atoms with Gasteiger partial charge in [-0.05, 0) is 38.7 Å². The van der Waals surface area contributed by atoms with Gasteiger partial charge in [-0.2, -0.15) is 0 Å². The topological polar surface area (TPSA) is 55.0 Å². The molecule has 0 bridgehead atoms. The van der Waals surface area contributed by atoms with E-state index < -0.39 is 0 Å². The Morgan fingerprint density at radius 1 is 1.38 bits per heavy atom. The number of anilines is 1. The smallest absolute Gasteiger partial charge is 0.225 e. The van der Waals surface area contributed by atoms with Crippen LogP contribution in [0.4, 0.5) is 5.95 Å². The average Bonchev–Trinajstić information content (AvgIpc) is 2.30. The van der Waals surface area contributed by atoms with Crippen LogP contribution in [0.3, 0.4) is 0 Å². The van der Waals surface area contributed by atoms with Crippen molar-refractivity contribution in [3.63, 3.8) is 0 Å². The second kappa shape index (κ2) is 4.78. The lowest BCUT2D eigenvalue weighted by molar-refractivity contribution is 0.394. The van der Waals surface area contributed by atoms with E-state index in [-0.39, 0.29) is 0 Å². The number of piperidine rings is 1. The van der Waals surface area contributed by atoms with E-state index in [1.165, 1.54) is 12.8 Å². The predicted octanol–water partition coefficient (Wildman–Crippen LogP) is 1.49. The summed E-state index contributed by atoms with van der Waals surface area (Å²) in [6.45, 7) is 4.91. The van der Waals surface area contributed by atoms with Crippen LogP contribution in [0.5, 0.6) is 0 Å². The van der Waals surface area contributed by atoms with E-state index >= 15 is 0 Å². The van der Waals surface area contributed by atoms with E-state index in [2.05, 4.69) is 21.8 Å². The minimum Gasteiger partial charge on any atom is -0.334 e. The zero-order valence-electron chi connectivity index (χ0n) is 10.1. The molecule has 4 nitrogen and oxygen atoms in total. The fourth-order valence-electron chi connectivity index (χ4n) is 2.40. The standard InChI is InChI=1S/C12H20N4/c1-9-7-14-12(15-8-9)16-10(2)4-3-5-11(16)6-13/h7-8,10-11H,3-6,13H2,1-2H3. The third-order valence-electron chi connectivity index (χ3n) is 3.30. The van der Waals surface area contributed by atoms with E-state index in [0.29, 0.717) is 18.6 Å². The van der Waals surface area contributed by atoms with Crippen molar-refractivity contribution in [1.29, 1.82) is 0 Å². The number of rotatable bonds is 2. The quantitative estimate of drug-likeness (QED) is 0.820. The summed E-state index contributed by atoms with van der Waals surface area (Å²) in [6.07, 6.45) is 7.35. The van der Waals surface area contributed by atoms with Crippen molar-refractivity contribution in [2.24, 2.45) is 5.73 Å². The first-order chi connectivity index (χ1) is 7.72. The summed E-state index contributed by atoms with van der Waals surface area (Å²) >= 11 is 0. The highest BCUT2D eigenvalue weighted by Gasteiger charge is 2.28. The molecule has 16 heavy (non-hydrogen) atoms. The summed E-state index contributed by atoms with van der Waals surface area (Å²) in [5, 5.41) is 0. The molecule has 88 valence electrons. The zero-order chi connectivity index (χ0) is 11.5. The maximum Gasteiger partial charge on any atom is 0.225 e. The number of hydrogen-bond acceptors (Lipinski definition) is 4. The van der Waals surface area contributed by atoms with Crippen LogP contribution in [-0.2, 0) is 0 Å². The molecule has 2 rings (SSSR count). The highest BCUT2D eigenvalue weighted by Crippen LogP contribution is 2.25. The molecule has 2 heterocycles. The van der Waals surface area contributed by atoms with Crippen LogP contribution in [0, 0.1) is 6.92 Å². The Bertz CT molecular complexity index is 335. The SMILES string of the molecule is Cc1cnc(N2C(C)CCCC2CN)nc1. The number of hydrogen-bond donors (Lipinski definition) is 1. The van der Waals surface area contributed by atoms with Gasteiger partial charge >= 0.3 is 0 Å². The summed E-state index contributed by atoms with van der Waals surface area (Å²) in [5.41, 5.74) is 6.92. The molecule has 0 aromatic carbocycles. The van der Waals surface area contributed by atoms with Crippen LogP contribution in [0.15, 0.2) is 12.4 Å². The Morgan fingerprint density at radius 2 is 2.06 bits per heavy atom. The van der Waals surface area contributed by atoms with Gasteiger partial charge in [0, 0.05) is 31.0 Å². The van der Waals surface area contributed by atoms with Gasteiger partial charge < -0.3 is 10.6 Å². The van der Waals surface area contributed by atoms with Crippen LogP contribution in [0.25, 0.3) is 0 Å². The van der Waals surface area contributed by atoms with Crippen LogP contribution < -0.4 is 10.6 Å². The number of nitrogens with two attached hydrogens (primary N) is 1. The second-order valence-electron chi connectivity index (χ2n) is 4.64. The fraction of sp³-hybridized carbons (Fsp3) is 0.667. The Balaban J connectivity index is 2.24. The van der Waals surface area contributed by atoms with Crippen LogP contribution >= 0.6 is 0 Å². The van der Waals surface area contributed by atoms with Gasteiger partial charge in [0.2, 0.25) is 5.95 Å². The summed E-state index contributed by atoms with van der Waals surface area (Å²) in [5.74, 6) is 0.827. The van der Waals surface area contributed by atoms with Crippen molar-refractivity contribution < 1.29 is 0 Å². The molecular formula is C12H20N4. The molecule has 0 saturated carbocycles. The molecule has 1 aliphatic heterocycles. The molecule has 2 atom stereocenters. The summed E-state index contributed by atoms with van der Waals surface area (Å²) in [7, 11) is 0. The Kier molecular flexibility index (Phi) is 3.39. The molecule has 4 heteroatoms. The van der Waals surface area contributed by atoms with Crippen molar-refractivity contribution in [3.8, 4) is 0 Å². The van der Waals surface area contributed by atoms with E-state index in [4.69, 9.17) is 5.73 Å². The number of aromatic nitrogens is 2. The van der Waals surface area contributed by atoms with Gasteiger partial charge in [-0.3, -0.25) is 0 Å². The van der Waals surface area contributed by atoms with Crippen molar-refractivity contribution in [1.82, 2.24) is 9.97 Å². The molecule has 0 radical (unpaired) electrons. The molecule has 1 aliphatic rings. The molecule has 0 aliphatic carbocycles. The van der Waals surface area contributed by atoms with Crippen LogP contribution in [0.1, 0.15) is 31.7 Å². The van der Waals surface area contributed by atoms with E-state index in [9.17, 15) is 0 Å². The highest BCUT2D eigenvalue weighted by atomic mass is 15.3. The first-order valence-electron chi connectivity index (χ1n) is 5.99. The number of nitrogens with zero attached hydrogens (tertiary/aromatic N) is 3. The molecule has 2 unspecified atom stereocenters. The first kappa shape index (κ1) is 11.3. The molecule has 1 aromatic heterocycles. The molecule has 0 amide bonds. The lowest BCUT2D eigenvalue weighted by atomic mass is 9.97. The van der Waals surface area contributed by atoms with E-state index in [0.717, 1.165) is 17.9 Å². The molecule has 1 saturated heterocycles. The van der Waals surface area contributed by atoms with E-state index in [1.54, 1.807) is 0 Å². The Morgan fingerprint density at radius 3 is 2.69 bits per heavy atom. The van der Waals surface area contributed by atoms with Crippen molar-refractivity contribution in [2.45, 2.75) is 45.2 Å². The van der Waals surface area contributed by atoms with Gasteiger partial charge in [-0.1, -0.05) is 0 Å². The lowest BCUT2D eigenvalue weighted by Gasteiger charge is -2.40. The summed E-state index contributed by atoms with van der Waals surface area (Å²) in [4.78, 5) is 11.1. The van der Waals surface area contributed by atoms with Gasteiger partial charge in [0.1, 0.15) is 0 Å². The van der Waals surface area contributed by atoms with Gasteiger partial charge in [-0.15, -0.1) is 0 Å². The van der Waals surface area contributed by atoms with Gasteiger partial charge in [-0.25, -0.2) is 9.97 Å². The lowest BCUT2D eigenvalue weighted by Crippen LogP contribution is -2.49. The van der Waals surface area contributed by atoms with Crippen LogP contribution in [0.2, 0.25) is 0 Å². The highest BCUT2D eigenvalue weighted by molar-refractivity contribution is 5.34. The molecule has 1 aromatic rings. The fourth-order valence-corrected chi connectivity index (χ4v) is 2.40. The van der Waals surface area contributed by atoms with Crippen molar-refractivity contribution >= 4 is 5.95 Å². The van der Waals surface area contributed by atoms with Crippen LogP contribution in [-0.4, -0.2) is 28.6 Å². The number of aryl methyl sites for hydroxylation is 1. The molecule has 1 fully saturated rings. The average molecular weight is 220 g/mol. The monoisotopic (exact) mass is 220 g/mol. The molecule has 0 spiro atoms.